The van der Waals surface area contributed by atoms with Crippen LogP contribution in [-0.2, 0) is 13.6 Å². The SMILES string of the molecule is CCNc1nc(N(C)Cc2nccn2C)c2cn[nH]c2n1. The average molecular weight is 286 g/mol. The number of aromatic nitrogens is 6. The third-order valence-electron chi connectivity index (χ3n) is 3.29. The maximum Gasteiger partial charge on any atom is 0.226 e. The van der Waals surface area contributed by atoms with Gasteiger partial charge in [0.05, 0.1) is 18.1 Å². The van der Waals surface area contributed by atoms with E-state index in [2.05, 4.69) is 30.5 Å². The summed E-state index contributed by atoms with van der Waals surface area (Å²) in [6, 6.07) is 0. The van der Waals surface area contributed by atoms with E-state index in [0.717, 1.165) is 29.2 Å². The number of hydrogen-bond donors (Lipinski definition) is 2. The van der Waals surface area contributed by atoms with E-state index in [9.17, 15) is 0 Å². The van der Waals surface area contributed by atoms with Gasteiger partial charge in [-0.05, 0) is 6.92 Å². The molecule has 0 unspecified atom stereocenters. The summed E-state index contributed by atoms with van der Waals surface area (Å²) in [4.78, 5) is 15.4. The van der Waals surface area contributed by atoms with E-state index in [-0.39, 0.29) is 0 Å². The van der Waals surface area contributed by atoms with Crippen LogP contribution in [0.15, 0.2) is 18.6 Å². The Balaban J connectivity index is 1.97. The van der Waals surface area contributed by atoms with Crippen LogP contribution in [0.1, 0.15) is 12.7 Å². The van der Waals surface area contributed by atoms with Crippen molar-refractivity contribution < 1.29 is 0 Å². The quantitative estimate of drug-likeness (QED) is 0.731. The van der Waals surface area contributed by atoms with Crippen LogP contribution in [-0.4, -0.2) is 43.3 Å². The van der Waals surface area contributed by atoms with Crippen LogP contribution in [0, 0.1) is 0 Å². The minimum absolute atomic E-state index is 0.593. The lowest BCUT2D eigenvalue weighted by Gasteiger charge is -2.19. The predicted molar refractivity (Wildman–Crippen MR) is 81.2 cm³/mol. The van der Waals surface area contributed by atoms with Crippen LogP contribution in [0.2, 0.25) is 0 Å². The van der Waals surface area contributed by atoms with Crippen molar-refractivity contribution in [1.82, 2.24) is 29.7 Å². The van der Waals surface area contributed by atoms with Gasteiger partial charge in [-0.25, -0.2) is 4.98 Å². The zero-order chi connectivity index (χ0) is 14.8. The first-order valence-corrected chi connectivity index (χ1v) is 6.81. The van der Waals surface area contributed by atoms with E-state index in [1.54, 1.807) is 12.4 Å². The predicted octanol–water partition coefficient (Wildman–Crippen LogP) is 1.15. The highest BCUT2D eigenvalue weighted by molar-refractivity contribution is 5.87. The van der Waals surface area contributed by atoms with Gasteiger partial charge in [0.15, 0.2) is 5.65 Å². The highest BCUT2D eigenvalue weighted by Gasteiger charge is 2.14. The van der Waals surface area contributed by atoms with Crippen molar-refractivity contribution in [3.05, 3.63) is 24.4 Å². The van der Waals surface area contributed by atoms with Crippen molar-refractivity contribution in [1.29, 1.82) is 0 Å². The molecule has 0 saturated heterocycles. The Labute approximate surface area is 122 Å². The minimum atomic E-state index is 0.593. The molecule has 2 N–H and O–H groups in total. The van der Waals surface area contributed by atoms with Gasteiger partial charge < -0.3 is 14.8 Å². The normalized spacial score (nSPS) is 11.0. The molecule has 3 heterocycles. The third-order valence-corrected chi connectivity index (χ3v) is 3.29. The first-order chi connectivity index (χ1) is 10.2. The van der Waals surface area contributed by atoms with Gasteiger partial charge >= 0.3 is 0 Å². The molecule has 3 rings (SSSR count). The molecule has 3 aromatic heterocycles. The number of nitrogens with one attached hydrogen (secondary N) is 2. The van der Waals surface area contributed by atoms with E-state index >= 15 is 0 Å². The van der Waals surface area contributed by atoms with E-state index in [0.29, 0.717) is 12.5 Å². The fourth-order valence-electron chi connectivity index (χ4n) is 2.18. The summed E-state index contributed by atoms with van der Waals surface area (Å²) in [6.07, 6.45) is 5.47. The average Bonchev–Trinajstić information content (AvgIpc) is 3.08. The lowest BCUT2D eigenvalue weighted by molar-refractivity contribution is 0.757. The first-order valence-electron chi connectivity index (χ1n) is 6.81. The van der Waals surface area contributed by atoms with Crippen molar-refractivity contribution >= 4 is 22.8 Å². The molecule has 0 aromatic carbocycles. The number of rotatable bonds is 5. The number of nitrogens with zero attached hydrogens (tertiary/aromatic N) is 6. The highest BCUT2D eigenvalue weighted by atomic mass is 15.3. The van der Waals surface area contributed by atoms with Crippen molar-refractivity contribution in [2.45, 2.75) is 13.5 Å². The third kappa shape index (κ3) is 2.51. The Kier molecular flexibility index (Phi) is 3.43. The molecule has 0 bridgehead atoms. The Morgan fingerprint density at radius 1 is 1.38 bits per heavy atom. The van der Waals surface area contributed by atoms with Gasteiger partial charge in [-0.1, -0.05) is 0 Å². The molecule has 0 fully saturated rings. The topological polar surface area (TPSA) is 87.5 Å². The summed E-state index contributed by atoms with van der Waals surface area (Å²) >= 11 is 0. The Morgan fingerprint density at radius 2 is 2.24 bits per heavy atom. The molecule has 0 aliphatic carbocycles. The number of anilines is 2. The molecule has 0 amide bonds. The van der Waals surface area contributed by atoms with E-state index in [1.165, 1.54) is 0 Å². The Morgan fingerprint density at radius 3 is 2.95 bits per heavy atom. The number of hydrogen-bond acceptors (Lipinski definition) is 6. The van der Waals surface area contributed by atoms with Gasteiger partial charge in [0, 0.05) is 33.0 Å². The summed E-state index contributed by atoms with van der Waals surface area (Å²) in [7, 11) is 3.97. The van der Waals surface area contributed by atoms with E-state index in [4.69, 9.17) is 0 Å². The molecule has 0 spiro atoms. The molecule has 0 aliphatic heterocycles. The lowest BCUT2D eigenvalue weighted by Crippen LogP contribution is -2.21. The van der Waals surface area contributed by atoms with Gasteiger partial charge in [-0.3, -0.25) is 5.10 Å². The molecular formula is C13H18N8. The molecule has 8 heteroatoms. The highest BCUT2D eigenvalue weighted by Crippen LogP contribution is 2.23. The van der Waals surface area contributed by atoms with Crippen molar-refractivity contribution in [3.63, 3.8) is 0 Å². The maximum absolute atomic E-state index is 4.58. The van der Waals surface area contributed by atoms with Gasteiger partial charge in [0.25, 0.3) is 0 Å². The Bertz CT molecular complexity index is 744. The number of fused-ring (bicyclic) bond motifs is 1. The molecule has 0 saturated carbocycles. The molecular weight excluding hydrogens is 268 g/mol. The van der Waals surface area contributed by atoms with Crippen LogP contribution in [0.5, 0.6) is 0 Å². The van der Waals surface area contributed by atoms with Crippen LogP contribution in [0.25, 0.3) is 11.0 Å². The van der Waals surface area contributed by atoms with Gasteiger partial charge in [0.2, 0.25) is 5.95 Å². The molecule has 0 aliphatic rings. The first kappa shape index (κ1) is 13.3. The van der Waals surface area contributed by atoms with Crippen molar-refractivity contribution in [2.75, 3.05) is 23.8 Å². The summed E-state index contributed by atoms with van der Waals surface area (Å²) < 4.78 is 2.00. The van der Waals surface area contributed by atoms with E-state index in [1.807, 2.05) is 36.7 Å². The molecule has 110 valence electrons. The second-order valence-corrected chi connectivity index (χ2v) is 4.84. The smallest absolute Gasteiger partial charge is 0.226 e. The zero-order valence-electron chi connectivity index (χ0n) is 12.3. The molecule has 0 atom stereocenters. The zero-order valence-corrected chi connectivity index (χ0v) is 12.3. The second-order valence-electron chi connectivity index (χ2n) is 4.84. The largest absolute Gasteiger partial charge is 0.354 e. The number of aryl methyl sites for hydroxylation is 1. The number of imidazole rings is 1. The molecule has 3 aromatic rings. The molecule has 8 nitrogen and oxygen atoms in total. The van der Waals surface area contributed by atoms with Crippen LogP contribution in [0.3, 0.4) is 0 Å². The fraction of sp³-hybridized carbons (Fsp3) is 0.385. The summed E-state index contributed by atoms with van der Waals surface area (Å²) in [6.45, 7) is 3.44. The lowest BCUT2D eigenvalue weighted by atomic mass is 10.3. The summed E-state index contributed by atoms with van der Waals surface area (Å²) in [5.74, 6) is 2.39. The van der Waals surface area contributed by atoms with E-state index < -0.39 is 0 Å². The summed E-state index contributed by atoms with van der Waals surface area (Å²) in [5.41, 5.74) is 0.725. The maximum atomic E-state index is 4.58. The summed E-state index contributed by atoms with van der Waals surface area (Å²) in [5, 5.41) is 11.0. The number of H-pyrrole nitrogens is 1. The fourth-order valence-corrected chi connectivity index (χ4v) is 2.18. The van der Waals surface area contributed by atoms with Crippen LogP contribution < -0.4 is 10.2 Å². The monoisotopic (exact) mass is 286 g/mol. The Hall–Kier alpha value is -2.64. The standard InChI is InChI=1S/C13H18N8/c1-4-14-13-17-11-9(7-16-19-11)12(18-13)21(3)8-10-15-5-6-20(10)2/h5-7H,4,8H2,1-3H3,(H2,14,16,17,18,19). The van der Waals surface area contributed by atoms with Gasteiger partial charge in [0.1, 0.15) is 11.6 Å². The minimum Gasteiger partial charge on any atom is -0.354 e. The molecule has 0 radical (unpaired) electrons. The van der Waals surface area contributed by atoms with Crippen LogP contribution >= 0.6 is 0 Å². The van der Waals surface area contributed by atoms with Crippen LogP contribution in [0.4, 0.5) is 11.8 Å². The number of aromatic amines is 1. The van der Waals surface area contributed by atoms with Gasteiger partial charge in [-0.2, -0.15) is 15.1 Å². The second kappa shape index (κ2) is 5.39. The van der Waals surface area contributed by atoms with Crippen molar-refractivity contribution in [3.8, 4) is 0 Å². The molecule has 21 heavy (non-hydrogen) atoms. The van der Waals surface area contributed by atoms with Crippen molar-refractivity contribution in [2.24, 2.45) is 7.05 Å². The van der Waals surface area contributed by atoms with Gasteiger partial charge in [-0.15, -0.1) is 0 Å².